The zero-order chi connectivity index (χ0) is 16.0. The highest BCUT2D eigenvalue weighted by molar-refractivity contribution is 8.01. The van der Waals surface area contributed by atoms with Crippen molar-refractivity contribution in [2.45, 2.75) is 35.7 Å². The molecule has 1 aromatic rings. The number of aromatic amines is 1. The number of hydrogen-bond acceptors (Lipinski definition) is 7. The van der Waals surface area contributed by atoms with Gasteiger partial charge in [-0.1, -0.05) is 11.8 Å². The number of H-pyrrole nitrogens is 1. The lowest BCUT2D eigenvalue weighted by Crippen LogP contribution is -2.68. The van der Waals surface area contributed by atoms with Crippen molar-refractivity contribution in [2.75, 3.05) is 5.75 Å². The summed E-state index contributed by atoms with van der Waals surface area (Å²) in [5.74, 6) is -0.206. The Hall–Kier alpha value is -1.52. The van der Waals surface area contributed by atoms with Crippen molar-refractivity contribution in [3.05, 3.63) is 17.1 Å². The van der Waals surface area contributed by atoms with Gasteiger partial charge in [0.15, 0.2) is 0 Å². The quantitative estimate of drug-likeness (QED) is 0.523. The van der Waals surface area contributed by atoms with Crippen molar-refractivity contribution in [2.24, 2.45) is 5.73 Å². The lowest BCUT2D eigenvalue weighted by Gasteiger charge is -2.48. The highest BCUT2D eigenvalue weighted by Crippen LogP contribution is 2.42. The summed E-state index contributed by atoms with van der Waals surface area (Å²) in [4.78, 5) is 29.0. The lowest BCUT2D eigenvalue weighted by atomic mass is 10.0. The molecule has 3 heterocycles. The van der Waals surface area contributed by atoms with E-state index in [0.29, 0.717) is 22.3 Å². The zero-order valence-electron chi connectivity index (χ0n) is 11.9. The Morgan fingerprint density at radius 3 is 2.95 bits per heavy atom. The number of carbonyl (C=O) groups excluding carboxylic acids is 1. The Bertz CT molecular complexity index is 673. The maximum atomic E-state index is 11.9. The van der Waals surface area contributed by atoms with Gasteiger partial charge in [0.25, 0.3) is 0 Å². The van der Waals surface area contributed by atoms with Gasteiger partial charge in [0.2, 0.25) is 11.1 Å². The molecule has 118 valence electrons. The highest BCUT2D eigenvalue weighted by Gasteiger charge is 2.52. The molecule has 8 nitrogen and oxygen atoms in total. The van der Waals surface area contributed by atoms with E-state index in [1.54, 1.807) is 6.92 Å². The standard InChI is InChI=1S/C12H15N5O3S2/c1-4(22-12-14-5(2)15-16-12)6-3-21-10-7(13)9(18)17(10)8(6)11(19)20/h4,7,10H,3,13H2,1-2H3,(H,19,20)(H,14,15,16)/t4?,7?,10-/m0/s1. The number of carboxylic acids is 1. The molecule has 1 fully saturated rings. The van der Waals surface area contributed by atoms with Gasteiger partial charge in [-0.2, -0.15) is 0 Å². The molecule has 1 aromatic heterocycles. The molecule has 0 aromatic carbocycles. The van der Waals surface area contributed by atoms with E-state index in [-0.39, 0.29) is 22.2 Å². The lowest BCUT2D eigenvalue weighted by molar-refractivity contribution is -0.148. The number of nitrogens with two attached hydrogens (primary N) is 1. The summed E-state index contributed by atoms with van der Waals surface area (Å²) in [5.41, 5.74) is 6.48. The number of carboxylic acid groups (broad SMARTS) is 1. The minimum Gasteiger partial charge on any atom is -0.477 e. The van der Waals surface area contributed by atoms with Crippen molar-refractivity contribution in [1.82, 2.24) is 20.1 Å². The van der Waals surface area contributed by atoms with E-state index in [1.165, 1.54) is 28.4 Å². The van der Waals surface area contributed by atoms with Gasteiger partial charge in [0.05, 0.1) is 0 Å². The van der Waals surface area contributed by atoms with Crippen molar-refractivity contribution in [3.63, 3.8) is 0 Å². The van der Waals surface area contributed by atoms with Crippen LogP contribution in [0.1, 0.15) is 12.7 Å². The Labute approximate surface area is 134 Å². The monoisotopic (exact) mass is 341 g/mol. The van der Waals surface area contributed by atoms with E-state index >= 15 is 0 Å². The summed E-state index contributed by atoms with van der Waals surface area (Å²) in [7, 11) is 0. The van der Waals surface area contributed by atoms with Gasteiger partial charge in [-0.05, 0) is 19.4 Å². The van der Waals surface area contributed by atoms with Gasteiger partial charge in [0.1, 0.15) is 22.9 Å². The average Bonchev–Trinajstić information content (AvgIpc) is 2.89. The molecule has 0 saturated carbocycles. The van der Waals surface area contributed by atoms with Gasteiger partial charge in [-0.15, -0.1) is 16.9 Å². The van der Waals surface area contributed by atoms with Crippen LogP contribution in [-0.2, 0) is 9.59 Å². The molecule has 2 aliphatic heterocycles. The molecular formula is C12H15N5O3S2. The predicted molar refractivity (Wildman–Crippen MR) is 82.2 cm³/mol. The van der Waals surface area contributed by atoms with Crippen LogP contribution >= 0.6 is 23.5 Å². The largest absolute Gasteiger partial charge is 0.477 e. The Morgan fingerprint density at radius 2 is 2.36 bits per heavy atom. The first kappa shape index (κ1) is 15.4. The van der Waals surface area contributed by atoms with Crippen molar-refractivity contribution >= 4 is 35.4 Å². The number of nitrogens with zero attached hydrogens (tertiary/aromatic N) is 3. The first-order valence-corrected chi connectivity index (χ1v) is 8.55. The third-order valence-electron chi connectivity index (χ3n) is 3.59. The minimum absolute atomic E-state index is 0.0581. The first-order chi connectivity index (χ1) is 10.4. The van der Waals surface area contributed by atoms with Crippen molar-refractivity contribution < 1.29 is 14.7 Å². The smallest absolute Gasteiger partial charge is 0.352 e. The second kappa shape index (κ2) is 5.60. The summed E-state index contributed by atoms with van der Waals surface area (Å²) < 4.78 is 0. The molecule has 0 aliphatic carbocycles. The van der Waals surface area contributed by atoms with Crippen LogP contribution < -0.4 is 5.73 Å². The van der Waals surface area contributed by atoms with Crippen LogP contribution in [0.2, 0.25) is 0 Å². The van der Waals surface area contributed by atoms with Crippen LogP contribution in [-0.4, -0.2) is 59.5 Å². The number of aliphatic carboxylic acids is 1. The Kier molecular flexibility index (Phi) is 3.91. The summed E-state index contributed by atoms with van der Waals surface area (Å²) in [6, 6.07) is -0.612. The molecule has 1 amide bonds. The molecular weight excluding hydrogens is 326 g/mol. The summed E-state index contributed by atoms with van der Waals surface area (Å²) in [5, 5.41) is 16.4. The number of aromatic nitrogens is 3. The van der Waals surface area contributed by atoms with Gasteiger partial charge in [-0.3, -0.25) is 14.8 Å². The third kappa shape index (κ3) is 2.40. The number of hydrogen-bond donors (Lipinski definition) is 3. The molecule has 3 rings (SSSR count). The second-order valence-electron chi connectivity index (χ2n) is 5.08. The Balaban J connectivity index is 1.89. The molecule has 0 spiro atoms. The van der Waals surface area contributed by atoms with E-state index in [2.05, 4.69) is 15.2 Å². The van der Waals surface area contributed by atoms with E-state index in [9.17, 15) is 14.7 Å². The summed E-state index contributed by atoms with van der Waals surface area (Å²) in [6.07, 6.45) is 0. The van der Waals surface area contributed by atoms with Gasteiger partial charge >= 0.3 is 5.97 Å². The molecule has 0 bridgehead atoms. The number of carbonyl (C=O) groups is 2. The van der Waals surface area contributed by atoms with Crippen molar-refractivity contribution in [3.8, 4) is 0 Å². The molecule has 4 N–H and O–H groups in total. The van der Waals surface area contributed by atoms with E-state index in [4.69, 9.17) is 5.73 Å². The fraction of sp³-hybridized carbons (Fsp3) is 0.500. The molecule has 10 heteroatoms. The first-order valence-electron chi connectivity index (χ1n) is 6.62. The third-order valence-corrected chi connectivity index (χ3v) is 5.95. The van der Waals surface area contributed by atoms with Crippen LogP contribution in [0, 0.1) is 6.92 Å². The maximum Gasteiger partial charge on any atom is 0.352 e. The van der Waals surface area contributed by atoms with Gasteiger partial charge < -0.3 is 10.8 Å². The van der Waals surface area contributed by atoms with Crippen LogP contribution in [0.4, 0.5) is 0 Å². The number of aryl methyl sites for hydroxylation is 1. The number of thioether (sulfide) groups is 2. The van der Waals surface area contributed by atoms with Crippen LogP contribution in [0.5, 0.6) is 0 Å². The molecule has 3 atom stereocenters. The fourth-order valence-corrected chi connectivity index (χ4v) is 4.92. The molecule has 0 radical (unpaired) electrons. The number of nitrogens with one attached hydrogen (secondary N) is 1. The van der Waals surface area contributed by atoms with E-state index in [0.717, 1.165) is 0 Å². The van der Waals surface area contributed by atoms with E-state index in [1.807, 2.05) is 6.92 Å². The molecule has 22 heavy (non-hydrogen) atoms. The average molecular weight is 341 g/mol. The number of amides is 1. The van der Waals surface area contributed by atoms with Crippen LogP contribution in [0.3, 0.4) is 0 Å². The fourth-order valence-electron chi connectivity index (χ4n) is 2.45. The highest BCUT2D eigenvalue weighted by atomic mass is 32.2. The number of rotatable bonds is 4. The normalized spacial score (nSPS) is 25.8. The van der Waals surface area contributed by atoms with Gasteiger partial charge in [0, 0.05) is 11.0 Å². The second-order valence-corrected chi connectivity index (χ2v) is 7.49. The summed E-state index contributed by atoms with van der Waals surface area (Å²) in [6.45, 7) is 3.69. The maximum absolute atomic E-state index is 11.9. The minimum atomic E-state index is -1.10. The van der Waals surface area contributed by atoms with Crippen LogP contribution in [0.25, 0.3) is 0 Å². The predicted octanol–water partition coefficient (Wildman–Crippen LogP) is 0.175. The van der Waals surface area contributed by atoms with Gasteiger partial charge in [-0.25, -0.2) is 9.78 Å². The SMILES string of the molecule is Cc1nc(SC(C)C2=C(C(=O)O)N3C(=O)C(N)[C@@H]3SC2)n[nH]1. The van der Waals surface area contributed by atoms with Crippen molar-refractivity contribution in [1.29, 1.82) is 0 Å². The van der Waals surface area contributed by atoms with Crippen LogP contribution in [0.15, 0.2) is 16.4 Å². The number of fused-ring (bicyclic) bond motifs is 1. The molecule has 2 unspecified atom stereocenters. The summed E-state index contributed by atoms with van der Waals surface area (Å²) >= 11 is 2.86. The van der Waals surface area contributed by atoms with E-state index < -0.39 is 12.0 Å². The number of β-lactam (4-membered cyclic amide) rings is 1. The molecule has 2 aliphatic rings. The zero-order valence-corrected chi connectivity index (χ0v) is 13.6. The molecule has 1 saturated heterocycles. The Morgan fingerprint density at radius 1 is 1.64 bits per heavy atom. The topological polar surface area (TPSA) is 125 Å².